The lowest BCUT2D eigenvalue weighted by Crippen LogP contribution is -2.33. The largest absolute Gasteiger partial charge is 0.507 e. The Morgan fingerprint density at radius 3 is 2.27 bits per heavy atom. The minimum absolute atomic E-state index is 0.00813. The number of Topliss-reactive ketones (excluding diaryl/α,β-unsaturated/α-hetero) is 1. The molecule has 172 valence electrons. The van der Waals surface area contributed by atoms with Gasteiger partial charge < -0.3 is 19.8 Å². The van der Waals surface area contributed by atoms with Gasteiger partial charge in [0.2, 0.25) is 0 Å². The SMILES string of the molecule is O=C1C(=O)N(CCOCCO)[C@@H](c2cccc([N+](=O)[O-])c2)C1=C(O)c1ccc([N+](=O)[O-])cc1. The molecule has 33 heavy (non-hydrogen) atoms. The van der Waals surface area contributed by atoms with Crippen LogP contribution in [-0.2, 0) is 14.3 Å². The van der Waals surface area contributed by atoms with Crippen LogP contribution < -0.4 is 0 Å². The summed E-state index contributed by atoms with van der Waals surface area (Å²) in [5.74, 6) is -2.52. The zero-order chi connectivity index (χ0) is 24.1. The maximum atomic E-state index is 12.9. The fourth-order valence-corrected chi connectivity index (χ4v) is 3.49. The number of non-ortho nitro benzene ring substituents is 2. The summed E-state index contributed by atoms with van der Waals surface area (Å²) < 4.78 is 5.18. The third kappa shape index (κ3) is 4.86. The molecule has 1 amide bonds. The maximum Gasteiger partial charge on any atom is 0.295 e. The van der Waals surface area contributed by atoms with Crippen molar-refractivity contribution in [2.24, 2.45) is 0 Å². The summed E-state index contributed by atoms with van der Waals surface area (Å²) >= 11 is 0. The second kappa shape index (κ2) is 9.97. The number of hydrogen-bond acceptors (Lipinski definition) is 9. The van der Waals surface area contributed by atoms with Crippen molar-refractivity contribution in [2.75, 3.05) is 26.4 Å². The zero-order valence-electron chi connectivity index (χ0n) is 17.1. The molecule has 0 aliphatic carbocycles. The predicted molar refractivity (Wildman–Crippen MR) is 113 cm³/mol. The van der Waals surface area contributed by atoms with Crippen molar-refractivity contribution in [1.82, 2.24) is 4.90 Å². The van der Waals surface area contributed by atoms with Crippen LogP contribution in [0, 0.1) is 20.2 Å². The molecule has 0 unspecified atom stereocenters. The molecule has 1 atom stereocenters. The number of likely N-dealkylation sites (tertiary alicyclic amines) is 1. The van der Waals surface area contributed by atoms with Gasteiger partial charge in [-0.1, -0.05) is 12.1 Å². The molecule has 12 heteroatoms. The number of rotatable bonds is 9. The van der Waals surface area contributed by atoms with E-state index in [4.69, 9.17) is 9.84 Å². The second-order valence-electron chi connectivity index (χ2n) is 6.98. The molecule has 1 fully saturated rings. The van der Waals surface area contributed by atoms with Gasteiger partial charge >= 0.3 is 0 Å². The average Bonchev–Trinajstić information content (AvgIpc) is 3.06. The highest BCUT2D eigenvalue weighted by Crippen LogP contribution is 2.40. The van der Waals surface area contributed by atoms with E-state index in [2.05, 4.69) is 0 Å². The van der Waals surface area contributed by atoms with Crippen LogP contribution in [0.3, 0.4) is 0 Å². The van der Waals surface area contributed by atoms with Crippen LogP contribution in [0.25, 0.3) is 5.76 Å². The van der Waals surface area contributed by atoms with E-state index in [0.717, 1.165) is 17.0 Å². The molecular formula is C21H19N3O9. The highest BCUT2D eigenvalue weighted by atomic mass is 16.6. The highest BCUT2D eigenvalue weighted by molar-refractivity contribution is 6.46. The summed E-state index contributed by atoms with van der Waals surface area (Å²) in [7, 11) is 0. The molecule has 0 bridgehead atoms. The van der Waals surface area contributed by atoms with E-state index in [9.17, 15) is 34.9 Å². The summed E-state index contributed by atoms with van der Waals surface area (Å²) in [5.41, 5.74) is -0.538. The monoisotopic (exact) mass is 457 g/mol. The summed E-state index contributed by atoms with van der Waals surface area (Å²) in [6.07, 6.45) is 0. The predicted octanol–water partition coefficient (Wildman–Crippen LogP) is 1.93. The molecule has 2 aromatic carbocycles. The number of carbonyl (C=O) groups is 2. The first-order valence-corrected chi connectivity index (χ1v) is 9.72. The number of nitro benzene ring substituents is 2. The Balaban J connectivity index is 2.11. The van der Waals surface area contributed by atoms with Crippen molar-refractivity contribution in [3.8, 4) is 0 Å². The molecule has 2 N–H and O–H groups in total. The number of nitrogens with zero attached hydrogens (tertiary/aromatic N) is 3. The molecule has 1 saturated heterocycles. The lowest BCUT2D eigenvalue weighted by Gasteiger charge is -2.25. The molecule has 1 aliphatic rings. The molecule has 1 heterocycles. The van der Waals surface area contributed by atoms with E-state index in [-0.39, 0.29) is 54.4 Å². The maximum absolute atomic E-state index is 12.9. The number of aliphatic hydroxyl groups excluding tert-OH is 2. The molecule has 1 aliphatic heterocycles. The fraction of sp³-hybridized carbons (Fsp3) is 0.238. The lowest BCUT2D eigenvalue weighted by molar-refractivity contribution is -0.385. The van der Waals surface area contributed by atoms with Gasteiger partial charge in [-0.2, -0.15) is 0 Å². The van der Waals surface area contributed by atoms with Gasteiger partial charge in [0.1, 0.15) is 5.76 Å². The molecule has 0 spiro atoms. The molecule has 2 aromatic rings. The van der Waals surface area contributed by atoms with Crippen molar-refractivity contribution < 1.29 is 34.4 Å². The van der Waals surface area contributed by atoms with Crippen LogP contribution in [0.15, 0.2) is 54.1 Å². The third-order valence-corrected chi connectivity index (χ3v) is 5.00. The number of amides is 1. The Labute approximate surface area is 186 Å². The van der Waals surface area contributed by atoms with Gasteiger partial charge in [-0.3, -0.25) is 29.8 Å². The van der Waals surface area contributed by atoms with Gasteiger partial charge in [0, 0.05) is 36.4 Å². The van der Waals surface area contributed by atoms with Crippen molar-refractivity contribution in [2.45, 2.75) is 6.04 Å². The van der Waals surface area contributed by atoms with E-state index in [0.29, 0.717) is 0 Å². The van der Waals surface area contributed by atoms with E-state index < -0.39 is 33.3 Å². The third-order valence-electron chi connectivity index (χ3n) is 5.00. The van der Waals surface area contributed by atoms with E-state index in [1.165, 1.54) is 36.4 Å². The molecule has 0 saturated carbocycles. The number of carbonyl (C=O) groups excluding carboxylic acids is 2. The van der Waals surface area contributed by atoms with Crippen molar-refractivity contribution in [3.63, 3.8) is 0 Å². The first-order valence-electron chi connectivity index (χ1n) is 9.72. The Kier molecular flexibility index (Phi) is 7.10. The minimum Gasteiger partial charge on any atom is -0.507 e. The number of hydrogen-bond donors (Lipinski definition) is 2. The summed E-state index contributed by atoms with van der Waals surface area (Å²) in [6.45, 7) is -0.354. The normalized spacial score (nSPS) is 17.4. The van der Waals surface area contributed by atoms with Gasteiger partial charge in [0.15, 0.2) is 0 Å². The summed E-state index contributed by atoms with van der Waals surface area (Å²) in [4.78, 5) is 47.6. The Morgan fingerprint density at radius 2 is 1.67 bits per heavy atom. The molecule has 0 aromatic heterocycles. The summed E-state index contributed by atoms with van der Waals surface area (Å²) in [5, 5.41) is 41.9. The molecular weight excluding hydrogens is 438 g/mol. The van der Waals surface area contributed by atoms with Crippen molar-refractivity contribution in [3.05, 3.63) is 85.5 Å². The number of aliphatic hydroxyl groups is 2. The van der Waals surface area contributed by atoms with Gasteiger partial charge in [-0.25, -0.2) is 0 Å². The Bertz CT molecular complexity index is 1130. The second-order valence-corrected chi connectivity index (χ2v) is 6.98. The standard InChI is InChI=1S/C21H19N3O9/c25-9-11-33-10-8-22-18(14-2-1-3-16(12-14)24(31)32)17(20(27)21(22)28)19(26)13-4-6-15(7-5-13)23(29)30/h1-7,12,18,25-26H,8-11H2/t18-/m0/s1. The average molecular weight is 457 g/mol. The van der Waals surface area contributed by atoms with Crippen molar-refractivity contribution >= 4 is 28.8 Å². The number of ether oxygens (including phenoxy) is 1. The van der Waals surface area contributed by atoms with Gasteiger partial charge in [0.05, 0.1) is 41.3 Å². The van der Waals surface area contributed by atoms with Crippen LogP contribution in [0.1, 0.15) is 17.2 Å². The first kappa shape index (κ1) is 23.5. The van der Waals surface area contributed by atoms with Crippen LogP contribution in [-0.4, -0.2) is 63.0 Å². The minimum atomic E-state index is -1.15. The lowest BCUT2D eigenvalue weighted by atomic mass is 9.95. The smallest absolute Gasteiger partial charge is 0.295 e. The molecule has 0 radical (unpaired) electrons. The van der Waals surface area contributed by atoms with E-state index >= 15 is 0 Å². The van der Waals surface area contributed by atoms with Crippen LogP contribution in [0.2, 0.25) is 0 Å². The number of nitro groups is 2. The van der Waals surface area contributed by atoms with Gasteiger partial charge in [-0.05, 0) is 17.7 Å². The van der Waals surface area contributed by atoms with Gasteiger partial charge in [-0.15, -0.1) is 0 Å². The summed E-state index contributed by atoms with van der Waals surface area (Å²) in [6, 6.07) is 8.89. The van der Waals surface area contributed by atoms with Crippen molar-refractivity contribution in [1.29, 1.82) is 0 Å². The molecule has 12 nitrogen and oxygen atoms in total. The van der Waals surface area contributed by atoms with Crippen LogP contribution in [0.5, 0.6) is 0 Å². The quantitative estimate of drug-likeness (QED) is 0.142. The number of ketones is 1. The Hall–Kier alpha value is -4.16. The van der Waals surface area contributed by atoms with E-state index in [1.54, 1.807) is 0 Å². The first-order chi connectivity index (χ1) is 15.8. The van der Waals surface area contributed by atoms with Crippen LogP contribution >= 0.6 is 0 Å². The number of benzene rings is 2. The Morgan fingerprint density at radius 1 is 1.00 bits per heavy atom. The molecule has 3 rings (SSSR count). The topological polar surface area (TPSA) is 173 Å². The zero-order valence-corrected chi connectivity index (χ0v) is 17.1. The fourth-order valence-electron chi connectivity index (χ4n) is 3.49. The van der Waals surface area contributed by atoms with Crippen LogP contribution in [0.4, 0.5) is 11.4 Å². The van der Waals surface area contributed by atoms with Gasteiger partial charge in [0.25, 0.3) is 23.1 Å². The van der Waals surface area contributed by atoms with E-state index in [1.807, 2.05) is 0 Å². The highest BCUT2D eigenvalue weighted by Gasteiger charge is 2.46.